The predicted molar refractivity (Wildman–Crippen MR) is 51.3 cm³/mol. The molecule has 0 heterocycles. The lowest BCUT2D eigenvalue weighted by Gasteiger charge is -2.05. The molecule has 12 heavy (non-hydrogen) atoms. The van der Waals surface area contributed by atoms with E-state index in [9.17, 15) is 4.39 Å². The molecular weight excluding hydrogens is 200 g/mol. The molecule has 0 aliphatic heterocycles. The van der Waals surface area contributed by atoms with Crippen LogP contribution in [0.1, 0.15) is 18.5 Å². The summed E-state index contributed by atoms with van der Waals surface area (Å²) >= 11 is 5.54. The van der Waals surface area contributed by atoms with Gasteiger partial charge in [-0.15, -0.1) is 12.4 Å². The third kappa shape index (κ3) is 2.63. The molecule has 68 valence electrons. The normalized spacial score (nSPS) is 12.0. The van der Waals surface area contributed by atoms with Gasteiger partial charge in [0.15, 0.2) is 0 Å². The van der Waals surface area contributed by atoms with E-state index in [1.165, 1.54) is 6.07 Å². The number of benzene rings is 1. The quantitative estimate of drug-likeness (QED) is 0.757. The Morgan fingerprint density at radius 2 is 2.08 bits per heavy atom. The Kier molecular flexibility index (Phi) is 4.53. The zero-order chi connectivity index (χ0) is 8.43. The van der Waals surface area contributed by atoms with Crippen molar-refractivity contribution < 1.29 is 4.39 Å². The minimum atomic E-state index is -0.340. The maximum Gasteiger partial charge on any atom is 0.129 e. The molecule has 1 unspecified atom stereocenters. The maximum atomic E-state index is 12.9. The minimum absolute atomic E-state index is 0. The molecule has 0 spiro atoms. The zero-order valence-electron chi connectivity index (χ0n) is 6.55. The Labute approximate surface area is 82.1 Å². The number of hydrogen-bond donors (Lipinski definition) is 1. The molecule has 1 atom stereocenters. The van der Waals surface area contributed by atoms with Crippen molar-refractivity contribution >= 4 is 24.0 Å². The Hall–Kier alpha value is -0.310. The van der Waals surface area contributed by atoms with Crippen LogP contribution >= 0.6 is 24.0 Å². The van der Waals surface area contributed by atoms with Gasteiger partial charge in [-0.2, -0.15) is 0 Å². The lowest BCUT2D eigenvalue weighted by atomic mass is 10.1. The molecule has 0 aliphatic rings. The van der Waals surface area contributed by atoms with E-state index < -0.39 is 0 Å². The van der Waals surface area contributed by atoms with Gasteiger partial charge >= 0.3 is 0 Å². The average molecular weight is 210 g/mol. The third-order valence-electron chi connectivity index (χ3n) is 1.45. The summed E-state index contributed by atoms with van der Waals surface area (Å²) in [4.78, 5) is 0. The molecule has 4 heteroatoms. The van der Waals surface area contributed by atoms with E-state index >= 15 is 0 Å². The molecular formula is C8H10Cl2FN. The molecule has 1 nitrogen and oxygen atoms in total. The van der Waals surface area contributed by atoms with Crippen LogP contribution in [-0.4, -0.2) is 0 Å². The van der Waals surface area contributed by atoms with Crippen molar-refractivity contribution in [1.29, 1.82) is 0 Å². The summed E-state index contributed by atoms with van der Waals surface area (Å²) in [6.07, 6.45) is 0. The standard InChI is InChI=1S/C8H9ClFN.ClH/c1-5(11)7-3-2-6(9)4-8(7)10;/h2-5H,11H2,1H3;1H. The monoisotopic (exact) mass is 209 g/mol. The number of halogens is 3. The molecule has 2 N–H and O–H groups in total. The molecule has 0 saturated heterocycles. The fourth-order valence-corrected chi connectivity index (χ4v) is 1.03. The van der Waals surface area contributed by atoms with Gasteiger partial charge in [0.1, 0.15) is 5.82 Å². The van der Waals surface area contributed by atoms with Crippen LogP contribution in [0.15, 0.2) is 18.2 Å². The van der Waals surface area contributed by atoms with Crippen LogP contribution in [0.5, 0.6) is 0 Å². The van der Waals surface area contributed by atoms with Crippen LogP contribution in [-0.2, 0) is 0 Å². The summed E-state index contributed by atoms with van der Waals surface area (Å²) in [7, 11) is 0. The first-order chi connectivity index (χ1) is 5.11. The second kappa shape index (κ2) is 4.65. The van der Waals surface area contributed by atoms with Crippen LogP contribution < -0.4 is 5.73 Å². The summed E-state index contributed by atoms with van der Waals surface area (Å²) in [6, 6.07) is 4.21. The molecule has 1 rings (SSSR count). The summed E-state index contributed by atoms with van der Waals surface area (Å²) in [5.41, 5.74) is 5.98. The van der Waals surface area contributed by atoms with Crippen LogP contribution in [0.2, 0.25) is 5.02 Å². The van der Waals surface area contributed by atoms with Crippen molar-refractivity contribution in [1.82, 2.24) is 0 Å². The predicted octanol–water partition coefficient (Wildman–Crippen LogP) is 2.92. The molecule has 0 radical (unpaired) electrons. The Bertz CT molecular complexity index is 263. The average Bonchev–Trinajstić information content (AvgIpc) is 1.85. The van der Waals surface area contributed by atoms with Crippen LogP contribution in [0.4, 0.5) is 4.39 Å². The lowest BCUT2D eigenvalue weighted by molar-refractivity contribution is 0.594. The van der Waals surface area contributed by atoms with E-state index in [0.29, 0.717) is 10.6 Å². The first kappa shape index (κ1) is 11.7. The van der Waals surface area contributed by atoms with Crippen molar-refractivity contribution in [2.24, 2.45) is 5.73 Å². The molecule has 0 aromatic heterocycles. The smallest absolute Gasteiger partial charge is 0.129 e. The van der Waals surface area contributed by atoms with Crippen LogP contribution in [0.3, 0.4) is 0 Å². The van der Waals surface area contributed by atoms with Crippen molar-refractivity contribution in [3.63, 3.8) is 0 Å². The summed E-state index contributed by atoms with van der Waals surface area (Å²) in [5, 5.41) is 0.395. The second-order valence-corrected chi connectivity index (χ2v) is 2.89. The number of rotatable bonds is 1. The van der Waals surface area contributed by atoms with Gasteiger partial charge in [0.2, 0.25) is 0 Å². The first-order valence-corrected chi connectivity index (χ1v) is 3.69. The summed E-state index contributed by atoms with van der Waals surface area (Å²) in [6.45, 7) is 1.73. The molecule has 0 bridgehead atoms. The summed E-state index contributed by atoms with van der Waals surface area (Å²) < 4.78 is 12.9. The van der Waals surface area contributed by atoms with E-state index in [1.807, 2.05) is 0 Å². The highest BCUT2D eigenvalue weighted by molar-refractivity contribution is 6.30. The van der Waals surface area contributed by atoms with Gasteiger partial charge in [-0.25, -0.2) is 4.39 Å². The van der Waals surface area contributed by atoms with Gasteiger partial charge in [0.05, 0.1) is 0 Å². The number of nitrogens with two attached hydrogens (primary N) is 1. The Morgan fingerprint density at radius 3 is 2.50 bits per heavy atom. The van der Waals surface area contributed by atoms with E-state index in [-0.39, 0.29) is 24.3 Å². The van der Waals surface area contributed by atoms with E-state index in [4.69, 9.17) is 17.3 Å². The molecule has 0 fully saturated rings. The van der Waals surface area contributed by atoms with Gasteiger partial charge in [-0.1, -0.05) is 17.7 Å². The van der Waals surface area contributed by atoms with E-state index in [0.717, 1.165) is 0 Å². The second-order valence-electron chi connectivity index (χ2n) is 2.45. The highest BCUT2D eigenvalue weighted by Crippen LogP contribution is 2.18. The van der Waals surface area contributed by atoms with E-state index in [1.54, 1.807) is 19.1 Å². The molecule has 0 saturated carbocycles. The highest BCUT2D eigenvalue weighted by Gasteiger charge is 2.05. The highest BCUT2D eigenvalue weighted by atomic mass is 35.5. The first-order valence-electron chi connectivity index (χ1n) is 3.32. The topological polar surface area (TPSA) is 26.0 Å². The van der Waals surface area contributed by atoms with Crippen molar-refractivity contribution in [2.45, 2.75) is 13.0 Å². The van der Waals surface area contributed by atoms with Crippen molar-refractivity contribution in [2.75, 3.05) is 0 Å². The molecule has 0 amide bonds. The Morgan fingerprint density at radius 1 is 1.50 bits per heavy atom. The largest absolute Gasteiger partial charge is 0.324 e. The fourth-order valence-electron chi connectivity index (χ4n) is 0.871. The van der Waals surface area contributed by atoms with Gasteiger partial charge in [0, 0.05) is 16.6 Å². The van der Waals surface area contributed by atoms with Crippen LogP contribution in [0.25, 0.3) is 0 Å². The molecule has 1 aromatic rings. The SMILES string of the molecule is CC(N)c1ccc(Cl)cc1F.Cl. The molecule has 1 aromatic carbocycles. The van der Waals surface area contributed by atoms with E-state index in [2.05, 4.69) is 0 Å². The van der Waals surface area contributed by atoms with Gasteiger partial charge in [-0.05, 0) is 19.1 Å². The zero-order valence-corrected chi connectivity index (χ0v) is 8.12. The molecule has 0 aliphatic carbocycles. The van der Waals surface area contributed by atoms with Crippen molar-refractivity contribution in [3.8, 4) is 0 Å². The number of hydrogen-bond acceptors (Lipinski definition) is 1. The third-order valence-corrected chi connectivity index (χ3v) is 1.69. The maximum absolute atomic E-state index is 12.9. The van der Waals surface area contributed by atoms with Crippen LogP contribution in [0, 0.1) is 5.82 Å². The fraction of sp³-hybridized carbons (Fsp3) is 0.250. The van der Waals surface area contributed by atoms with Gasteiger partial charge < -0.3 is 5.73 Å². The van der Waals surface area contributed by atoms with Crippen molar-refractivity contribution in [3.05, 3.63) is 34.6 Å². The summed E-state index contributed by atoms with van der Waals surface area (Å²) in [5.74, 6) is -0.340. The minimum Gasteiger partial charge on any atom is -0.324 e. The lowest BCUT2D eigenvalue weighted by Crippen LogP contribution is -2.06. The van der Waals surface area contributed by atoms with Gasteiger partial charge in [0.25, 0.3) is 0 Å². The Balaban J connectivity index is 0.00000121. The van der Waals surface area contributed by atoms with Gasteiger partial charge in [-0.3, -0.25) is 0 Å².